The minimum atomic E-state index is -0.247. The molecule has 0 saturated heterocycles. The quantitative estimate of drug-likeness (QED) is 0.378. The van der Waals surface area contributed by atoms with Crippen LogP contribution in [0.3, 0.4) is 0 Å². The van der Waals surface area contributed by atoms with Gasteiger partial charge in [-0.1, -0.05) is 0 Å². The second-order valence-electron chi connectivity index (χ2n) is 10.0. The van der Waals surface area contributed by atoms with Crippen LogP contribution in [0.15, 0.2) is 42.7 Å². The summed E-state index contributed by atoms with van der Waals surface area (Å²) >= 11 is 0. The van der Waals surface area contributed by atoms with Crippen LogP contribution in [0.5, 0.6) is 23.0 Å². The van der Waals surface area contributed by atoms with Gasteiger partial charge in [-0.3, -0.25) is 14.8 Å². The van der Waals surface area contributed by atoms with Crippen molar-refractivity contribution in [2.24, 2.45) is 0 Å². The van der Waals surface area contributed by atoms with Gasteiger partial charge in [-0.25, -0.2) is 4.68 Å². The zero-order valence-corrected chi connectivity index (χ0v) is 21.8. The van der Waals surface area contributed by atoms with Crippen LogP contribution in [0.25, 0.3) is 10.9 Å². The molecule has 1 N–H and O–H groups in total. The van der Waals surface area contributed by atoms with Crippen molar-refractivity contribution in [3.8, 4) is 23.0 Å². The number of nitrogens with zero attached hydrogens (tertiary/aromatic N) is 4. The number of methoxy groups -OCH3 is 2. The van der Waals surface area contributed by atoms with E-state index in [4.69, 9.17) is 19.3 Å². The van der Waals surface area contributed by atoms with E-state index < -0.39 is 0 Å². The Morgan fingerprint density at radius 1 is 1.03 bits per heavy atom. The lowest BCUT2D eigenvalue weighted by Gasteiger charge is -2.23. The van der Waals surface area contributed by atoms with Crippen molar-refractivity contribution in [1.29, 1.82) is 0 Å². The molecule has 0 aliphatic heterocycles. The highest BCUT2D eigenvalue weighted by Crippen LogP contribution is 2.34. The maximum absolute atomic E-state index is 13.1. The Labute approximate surface area is 215 Å². The minimum absolute atomic E-state index is 0.0585. The second-order valence-corrected chi connectivity index (χ2v) is 10.0. The fourth-order valence-electron chi connectivity index (χ4n) is 4.60. The minimum Gasteiger partial charge on any atom is -0.497 e. The van der Waals surface area contributed by atoms with Gasteiger partial charge in [0.2, 0.25) is 5.91 Å². The van der Waals surface area contributed by atoms with Gasteiger partial charge in [-0.2, -0.15) is 5.10 Å². The van der Waals surface area contributed by atoms with Crippen LogP contribution in [-0.4, -0.2) is 39.9 Å². The first-order chi connectivity index (χ1) is 17.8. The lowest BCUT2D eigenvalue weighted by Crippen LogP contribution is -2.28. The number of carbonyl (C=O) groups excluding carboxylic acids is 1. The molecular weight excluding hydrogens is 470 g/mol. The predicted molar refractivity (Wildman–Crippen MR) is 141 cm³/mol. The number of benzene rings is 1. The van der Waals surface area contributed by atoms with Gasteiger partial charge in [0.15, 0.2) is 0 Å². The number of rotatable bonds is 7. The van der Waals surface area contributed by atoms with E-state index in [0.29, 0.717) is 28.7 Å². The summed E-state index contributed by atoms with van der Waals surface area (Å²) in [6, 6.07) is 9.13. The van der Waals surface area contributed by atoms with Crippen molar-refractivity contribution in [3.05, 3.63) is 59.7 Å². The summed E-state index contributed by atoms with van der Waals surface area (Å²) in [5.74, 6) is 2.89. The monoisotopic (exact) mass is 501 g/mol. The summed E-state index contributed by atoms with van der Waals surface area (Å²) < 4.78 is 19.0. The van der Waals surface area contributed by atoms with Crippen LogP contribution in [-0.2, 0) is 29.6 Å². The Morgan fingerprint density at radius 2 is 1.86 bits per heavy atom. The van der Waals surface area contributed by atoms with Crippen LogP contribution in [0.4, 0.5) is 5.82 Å². The fourth-order valence-corrected chi connectivity index (χ4v) is 4.60. The second kappa shape index (κ2) is 9.72. The molecule has 9 heteroatoms. The molecule has 0 atom stereocenters. The molecule has 1 amide bonds. The van der Waals surface area contributed by atoms with Crippen LogP contribution >= 0.6 is 0 Å². The average Bonchev–Trinajstić information content (AvgIpc) is 3.47. The Hall–Kier alpha value is -4.14. The summed E-state index contributed by atoms with van der Waals surface area (Å²) in [4.78, 5) is 22.0. The standard InChI is InChI=1S/C28H31N5O4/c1-28(2,3)33-27(19-7-6-8-22(19)32-33)31-26(34)15-23-25(36-5)14-18(16-30-23)37-24-11-12-29-21-10-9-17(35-4)13-20(21)24/h9-14,16H,6-8,15H2,1-5H3,(H,31,34). The normalized spacial score (nSPS) is 12.9. The topological polar surface area (TPSA) is 100 Å². The van der Waals surface area contributed by atoms with Gasteiger partial charge in [0.1, 0.15) is 28.8 Å². The van der Waals surface area contributed by atoms with Crippen molar-refractivity contribution in [2.75, 3.05) is 19.5 Å². The highest BCUT2D eigenvalue weighted by molar-refractivity contribution is 5.92. The molecule has 192 valence electrons. The third-order valence-electron chi connectivity index (χ3n) is 6.39. The predicted octanol–water partition coefficient (Wildman–Crippen LogP) is 5.06. The van der Waals surface area contributed by atoms with Gasteiger partial charge in [0.05, 0.1) is 49.3 Å². The number of pyridine rings is 2. The Bertz CT molecular complexity index is 1470. The van der Waals surface area contributed by atoms with Crippen molar-refractivity contribution < 1.29 is 19.0 Å². The van der Waals surface area contributed by atoms with Crippen LogP contribution in [0, 0.1) is 0 Å². The summed E-state index contributed by atoms with van der Waals surface area (Å²) in [6.45, 7) is 6.24. The highest BCUT2D eigenvalue weighted by Gasteiger charge is 2.28. The Morgan fingerprint density at radius 3 is 2.62 bits per heavy atom. The van der Waals surface area contributed by atoms with E-state index in [0.717, 1.165) is 47.2 Å². The molecule has 9 nitrogen and oxygen atoms in total. The molecule has 0 spiro atoms. The van der Waals surface area contributed by atoms with Gasteiger partial charge in [0, 0.05) is 23.2 Å². The number of nitrogens with one attached hydrogen (secondary N) is 1. The number of carbonyl (C=O) groups is 1. The van der Waals surface area contributed by atoms with Gasteiger partial charge >= 0.3 is 0 Å². The van der Waals surface area contributed by atoms with E-state index in [9.17, 15) is 4.79 Å². The SMILES string of the molecule is COc1ccc2nccc(Oc3cnc(CC(=O)Nc4c5c(nn4C(C)(C)C)CCC5)c(OC)c3)c2c1. The number of aromatic nitrogens is 4. The number of hydrogen-bond acceptors (Lipinski definition) is 7. The van der Waals surface area contributed by atoms with E-state index in [2.05, 4.69) is 36.1 Å². The molecule has 0 saturated carbocycles. The number of amides is 1. The van der Waals surface area contributed by atoms with E-state index >= 15 is 0 Å². The molecular formula is C28H31N5O4. The van der Waals surface area contributed by atoms with Crippen molar-refractivity contribution >= 4 is 22.6 Å². The molecule has 1 aliphatic rings. The van der Waals surface area contributed by atoms with E-state index in [1.54, 1.807) is 38.7 Å². The van der Waals surface area contributed by atoms with Crippen LogP contribution < -0.4 is 19.5 Å². The number of hydrogen-bond donors (Lipinski definition) is 1. The Kier molecular flexibility index (Phi) is 6.45. The molecule has 37 heavy (non-hydrogen) atoms. The third kappa shape index (κ3) is 4.94. The summed E-state index contributed by atoms with van der Waals surface area (Å²) in [6.07, 6.45) is 6.26. The smallest absolute Gasteiger partial charge is 0.231 e. The molecule has 0 unspecified atom stereocenters. The van der Waals surface area contributed by atoms with E-state index in [1.807, 2.05) is 22.9 Å². The van der Waals surface area contributed by atoms with Gasteiger partial charge in [-0.05, 0) is 64.3 Å². The first-order valence-electron chi connectivity index (χ1n) is 12.3. The summed E-state index contributed by atoms with van der Waals surface area (Å²) in [5, 5.41) is 8.68. The van der Waals surface area contributed by atoms with Crippen molar-refractivity contribution in [2.45, 2.75) is 52.0 Å². The average molecular weight is 502 g/mol. The van der Waals surface area contributed by atoms with Crippen LogP contribution in [0.2, 0.25) is 0 Å². The van der Waals surface area contributed by atoms with Gasteiger partial charge in [-0.15, -0.1) is 0 Å². The number of anilines is 1. The Balaban J connectivity index is 1.36. The lowest BCUT2D eigenvalue weighted by atomic mass is 10.1. The molecule has 3 aromatic heterocycles. The maximum atomic E-state index is 13.1. The number of ether oxygens (including phenoxy) is 3. The highest BCUT2D eigenvalue weighted by atomic mass is 16.5. The van der Waals surface area contributed by atoms with E-state index in [-0.39, 0.29) is 17.9 Å². The van der Waals surface area contributed by atoms with Crippen LogP contribution in [0.1, 0.15) is 44.1 Å². The molecule has 0 fully saturated rings. The first kappa shape index (κ1) is 24.5. The lowest BCUT2D eigenvalue weighted by molar-refractivity contribution is -0.115. The number of aryl methyl sites for hydroxylation is 1. The first-order valence-corrected chi connectivity index (χ1v) is 12.3. The molecule has 0 bridgehead atoms. The molecule has 3 heterocycles. The zero-order valence-electron chi connectivity index (χ0n) is 21.8. The maximum Gasteiger partial charge on any atom is 0.231 e. The molecule has 0 radical (unpaired) electrons. The van der Waals surface area contributed by atoms with Gasteiger partial charge in [0.25, 0.3) is 0 Å². The zero-order chi connectivity index (χ0) is 26.2. The van der Waals surface area contributed by atoms with E-state index in [1.165, 1.54) is 0 Å². The van der Waals surface area contributed by atoms with Gasteiger partial charge < -0.3 is 19.5 Å². The van der Waals surface area contributed by atoms with Crippen molar-refractivity contribution in [3.63, 3.8) is 0 Å². The molecule has 1 aliphatic carbocycles. The summed E-state index contributed by atoms with van der Waals surface area (Å²) in [7, 11) is 3.17. The largest absolute Gasteiger partial charge is 0.497 e. The number of fused-ring (bicyclic) bond motifs is 2. The molecule has 1 aromatic carbocycles. The fraction of sp³-hybridized carbons (Fsp3) is 0.357. The summed E-state index contributed by atoms with van der Waals surface area (Å²) in [5.41, 5.74) is 3.26. The van der Waals surface area contributed by atoms with Crippen molar-refractivity contribution in [1.82, 2.24) is 19.7 Å². The molecule has 5 rings (SSSR count). The molecule has 4 aromatic rings. The third-order valence-corrected chi connectivity index (χ3v) is 6.39.